The van der Waals surface area contributed by atoms with Crippen molar-refractivity contribution in [2.75, 3.05) is 5.32 Å². The van der Waals surface area contributed by atoms with Gasteiger partial charge in [-0.25, -0.2) is 4.98 Å². The second-order valence-electron chi connectivity index (χ2n) is 4.08. The topological polar surface area (TPSA) is 85.8 Å². The van der Waals surface area contributed by atoms with E-state index in [1.54, 1.807) is 30.3 Å². The minimum atomic E-state index is -0.750. The van der Waals surface area contributed by atoms with Crippen LogP contribution in [0.2, 0.25) is 0 Å². The molecule has 0 aliphatic rings. The highest BCUT2D eigenvalue weighted by atomic mass is 16.2. The number of aryl methyl sites for hydroxylation is 2. The molecule has 6 nitrogen and oxygen atoms in total. The van der Waals surface area contributed by atoms with Gasteiger partial charge in [0.1, 0.15) is 11.9 Å². The first kappa shape index (κ1) is 12.3. The number of aromatic nitrogens is 3. The molecule has 0 saturated heterocycles. The summed E-state index contributed by atoms with van der Waals surface area (Å²) in [6.07, 6.45) is 4.92. The summed E-state index contributed by atoms with van der Waals surface area (Å²) in [7, 11) is 1.77. The van der Waals surface area contributed by atoms with E-state index in [-0.39, 0.29) is 5.91 Å². The molecule has 1 unspecified atom stereocenters. The van der Waals surface area contributed by atoms with E-state index in [9.17, 15) is 4.79 Å². The van der Waals surface area contributed by atoms with Crippen molar-refractivity contribution in [1.29, 1.82) is 0 Å². The molecule has 0 spiro atoms. The van der Waals surface area contributed by atoms with Crippen LogP contribution in [0.25, 0.3) is 0 Å². The lowest BCUT2D eigenvalue weighted by Crippen LogP contribution is -2.28. The zero-order chi connectivity index (χ0) is 13.1. The van der Waals surface area contributed by atoms with Crippen LogP contribution >= 0.6 is 0 Å². The van der Waals surface area contributed by atoms with Crippen LogP contribution < -0.4 is 11.1 Å². The average molecular weight is 245 g/mol. The standard InChI is InChI=1S/C12H15N5O/c1-8-4-3-5-14-11(8)16-12(18)10(13)9-6-15-17(2)7-9/h3-7,10H,13H2,1-2H3,(H,14,16,18). The number of carbonyl (C=O) groups excluding carboxylic acids is 1. The lowest BCUT2D eigenvalue weighted by molar-refractivity contribution is -0.117. The Balaban J connectivity index is 2.11. The van der Waals surface area contributed by atoms with Crippen LogP contribution in [0.15, 0.2) is 30.7 Å². The Labute approximate surface area is 105 Å². The summed E-state index contributed by atoms with van der Waals surface area (Å²) in [6, 6.07) is 2.93. The zero-order valence-corrected chi connectivity index (χ0v) is 10.3. The van der Waals surface area contributed by atoms with Crippen LogP contribution in [0.4, 0.5) is 5.82 Å². The molecule has 2 heterocycles. The third-order valence-electron chi connectivity index (χ3n) is 2.62. The van der Waals surface area contributed by atoms with E-state index in [0.717, 1.165) is 5.56 Å². The molecule has 0 saturated carbocycles. The maximum atomic E-state index is 12.0. The molecule has 0 aliphatic carbocycles. The Kier molecular flexibility index (Phi) is 3.38. The SMILES string of the molecule is Cc1cccnc1NC(=O)C(N)c1cnn(C)c1. The third-order valence-corrected chi connectivity index (χ3v) is 2.62. The molecule has 94 valence electrons. The Bertz CT molecular complexity index is 563. The van der Waals surface area contributed by atoms with Crippen molar-refractivity contribution < 1.29 is 4.79 Å². The van der Waals surface area contributed by atoms with Crippen LogP contribution in [0.1, 0.15) is 17.2 Å². The van der Waals surface area contributed by atoms with Crippen LogP contribution in [0, 0.1) is 6.92 Å². The van der Waals surface area contributed by atoms with Crippen molar-refractivity contribution in [2.24, 2.45) is 12.8 Å². The highest BCUT2D eigenvalue weighted by Gasteiger charge is 2.18. The number of carbonyl (C=O) groups is 1. The molecule has 0 aromatic carbocycles. The normalized spacial score (nSPS) is 12.2. The molecule has 2 rings (SSSR count). The minimum Gasteiger partial charge on any atom is -0.316 e. The second-order valence-corrected chi connectivity index (χ2v) is 4.08. The summed E-state index contributed by atoms with van der Waals surface area (Å²) in [6.45, 7) is 1.87. The molecule has 0 bridgehead atoms. The summed E-state index contributed by atoms with van der Waals surface area (Å²) in [5, 5.41) is 6.69. The Hall–Kier alpha value is -2.21. The number of nitrogens with zero attached hydrogens (tertiary/aromatic N) is 3. The number of hydrogen-bond donors (Lipinski definition) is 2. The van der Waals surface area contributed by atoms with E-state index in [1.807, 2.05) is 19.1 Å². The number of anilines is 1. The first-order valence-electron chi connectivity index (χ1n) is 5.54. The van der Waals surface area contributed by atoms with Gasteiger partial charge in [-0.15, -0.1) is 0 Å². The molecule has 0 radical (unpaired) electrons. The van der Waals surface area contributed by atoms with Gasteiger partial charge in [0.05, 0.1) is 6.20 Å². The minimum absolute atomic E-state index is 0.301. The van der Waals surface area contributed by atoms with Gasteiger partial charge >= 0.3 is 0 Å². The Morgan fingerprint density at radius 2 is 2.33 bits per heavy atom. The molecule has 2 aromatic rings. The monoisotopic (exact) mass is 245 g/mol. The molecule has 2 aromatic heterocycles. The fourth-order valence-corrected chi connectivity index (χ4v) is 1.56. The Morgan fingerprint density at radius 3 is 2.94 bits per heavy atom. The first-order chi connectivity index (χ1) is 8.58. The highest BCUT2D eigenvalue weighted by Crippen LogP contribution is 2.14. The maximum absolute atomic E-state index is 12.0. The zero-order valence-electron chi connectivity index (χ0n) is 10.3. The molecule has 0 aliphatic heterocycles. The largest absolute Gasteiger partial charge is 0.316 e. The number of nitrogens with one attached hydrogen (secondary N) is 1. The third kappa shape index (κ3) is 2.54. The van der Waals surface area contributed by atoms with E-state index in [1.165, 1.54) is 0 Å². The van der Waals surface area contributed by atoms with Crippen molar-refractivity contribution in [3.63, 3.8) is 0 Å². The quantitative estimate of drug-likeness (QED) is 0.836. The van der Waals surface area contributed by atoms with Crippen molar-refractivity contribution >= 4 is 11.7 Å². The molecule has 6 heteroatoms. The predicted molar refractivity (Wildman–Crippen MR) is 67.7 cm³/mol. The molecule has 3 N–H and O–H groups in total. The second kappa shape index (κ2) is 4.97. The Morgan fingerprint density at radius 1 is 1.56 bits per heavy atom. The van der Waals surface area contributed by atoms with E-state index in [2.05, 4.69) is 15.4 Å². The van der Waals surface area contributed by atoms with Gasteiger partial charge in [0.2, 0.25) is 5.91 Å². The van der Waals surface area contributed by atoms with Crippen molar-refractivity contribution in [3.05, 3.63) is 41.9 Å². The van der Waals surface area contributed by atoms with Gasteiger partial charge in [0.15, 0.2) is 0 Å². The molecule has 18 heavy (non-hydrogen) atoms. The van der Waals surface area contributed by atoms with Gasteiger partial charge in [-0.05, 0) is 18.6 Å². The van der Waals surface area contributed by atoms with Gasteiger partial charge in [-0.1, -0.05) is 6.07 Å². The van der Waals surface area contributed by atoms with Crippen LogP contribution in [-0.4, -0.2) is 20.7 Å². The molecule has 1 atom stereocenters. The highest BCUT2D eigenvalue weighted by molar-refractivity contribution is 5.95. The molecule has 1 amide bonds. The van der Waals surface area contributed by atoms with E-state index < -0.39 is 6.04 Å². The van der Waals surface area contributed by atoms with Crippen molar-refractivity contribution in [1.82, 2.24) is 14.8 Å². The number of amides is 1. The maximum Gasteiger partial charge on any atom is 0.247 e. The molecular formula is C12H15N5O. The number of hydrogen-bond acceptors (Lipinski definition) is 4. The first-order valence-corrected chi connectivity index (χ1v) is 5.54. The van der Waals surface area contributed by atoms with Gasteiger partial charge in [0.25, 0.3) is 0 Å². The van der Waals surface area contributed by atoms with Crippen LogP contribution in [0.5, 0.6) is 0 Å². The number of nitrogens with two attached hydrogens (primary N) is 1. The number of rotatable bonds is 3. The molecule has 0 fully saturated rings. The fraction of sp³-hybridized carbons (Fsp3) is 0.250. The van der Waals surface area contributed by atoms with E-state index in [4.69, 9.17) is 5.73 Å². The lowest BCUT2D eigenvalue weighted by atomic mass is 10.1. The number of pyridine rings is 1. The fourth-order valence-electron chi connectivity index (χ4n) is 1.56. The van der Waals surface area contributed by atoms with Gasteiger partial charge in [-0.3, -0.25) is 9.48 Å². The predicted octanol–water partition coefficient (Wildman–Crippen LogP) is 0.762. The van der Waals surface area contributed by atoms with Gasteiger partial charge in [-0.2, -0.15) is 5.10 Å². The van der Waals surface area contributed by atoms with E-state index >= 15 is 0 Å². The summed E-state index contributed by atoms with van der Waals surface area (Å²) in [5.74, 6) is 0.228. The summed E-state index contributed by atoms with van der Waals surface area (Å²) < 4.78 is 1.61. The average Bonchev–Trinajstić information content (AvgIpc) is 2.78. The van der Waals surface area contributed by atoms with Crippen LogP contribution in [0.3, 0.4) is 0 Å². The lowest BCUT2D eigenvalue weighted by Gasteiger charge is -2.11. The summed E-state index contributed by atoms with van der Waals surface area (Å²) in [4.78, 5) is 16.1. The van der Waals surface area contributed by atoms with Gasteiger partial charge in [0, 0.05) is 25.0 Å². The van der Waals surface area contributed by atoms with Crippen molar-refractivity contribution in [3.8, 4) is 0 Å². The van der Waals surface area contributed by atoms with Gasteiger partial charge < -0.3 is 11.1 Å². The van der Waals surface area contributed by atoms with Crippen LogP contribution in [-0.2, 0) is 11.8 Å². The smallest absolute Gasteiger partial charge is 0.247 e. The molecular weight excluding hydrogens is 230 g/mol. The van der Waals surface area contributed by atoms with E-state index in [0.29, 0.717) is 11.4 Å². The summed E-state index contributed by atoms with van der Waals surface area (Å²) >= 11 is 0. The van der Waals surface area contributed by atoms with Crippen molar-refractivity contribution in [2.45, 2.75) is 13.0 Å². The summed E-state index contributed by atoms with van der Waals surface area (Å²) in [5.41, 5.74) is 7.42.